The van der Waals surface area contributed by atoms with Crippen LogP contribution >= 0.6 is 11.6 Å². The molecule has 0 N–H and O–H groups in total. The van der Waals surface area contributed by atoms with Crippen LogP contribution in [0.2, 0.25) is 5.02 Å². The van der Waals surface area contributed by atoms with Crippen molar-refractivity contribution in [2.24, 2.45) is 0 Å². The molecule has 15 heavy (non-hydrogen) atoms. The average molecular weight is 225 g/mol. The van der Waals surface area contributed by atoms with E-state index >= 15 is 0 Å². The van der Waals surface area contributed by atoms with Crippen LogP contribution in [0, 0.1) is 0 Å². The van der Waals surface area contributed by atoms with Crippen molar-refractivity contribution in [1.82, 2.24) is 9.55 Å². The number of halogens is 1. The summed E-state index contributed by atoms with van der Waals surface area (Å²) in [6.45, 7) is 1.69. The molecule has 4 heteroatoms. The Morgan fingerprint density at radius 1 is 1.47 bits per heavy atom. The summed E-state index contributed by atoms with van der Waals surface area (Å²) in [5.41, 5.74) is 2.07. The zero-order valence-electron chi connectivity index (χ0n) is 8.61. The summed E-state index contributed by atoms with van der Waals surface area (Å²) >= 11 is 5.89. The summed E-state index contributed by atoms with van der Waals surface area (Å²) in [6, 6.07) is 5.76. The van der Waals surface area contributed by atoms with E-state index in [0.29, 0.717) is 0 Å². The molecular weight excluding hydrogens is 212 g/mol. The average Bonchev–Trinajstić information content (AvgIpc) is 2.61. The van der Waals surface area contributed by atoms with Gasteiger partial charge in [0.1, 0.15) is 0 Å². The molecule has 1 heterocycles. The maximum atomic E-state index is 5.89. The normalized spacial score (nSPS) is 11.1. The number of aromatic nitrogens is 2. The van der Waals surface area contributed by atoms with E-state index in [2.05, 4.69) is 9.55 Å². The second-order valence-electron chi connectivity index (χ2n) is 3.42. The molecule has 0 aliphatic rings. The Hall–Kier alpha value is -1.06. The van der Waals surface area contributed by atoms with Gasteiger partial charge in [-0.2, -0.15) is 0 Å². The van der Waals surface area contributed by atoms with Crippen molar-refractivity contribution in [3.63, 3.8) is 0 Å². The molecule has 0 atom stereocenters. The lowest BCUT2D eigenvalue weighted by Crippen LogP contribution is -1.99. The second-order valence-corrected chi connectivity index (χ2v) is 3.85. The molecule has 0 radical (unpaired) electrons. The highest BCUT2D eigenvalue weighted by Crippen LogP contribution is 2.18. The Balaban J connectivity index is 2.21. The number of hydrogen-bond acceptors (Lipinski definition) is 2. The SMILES string of the molecule is COCCCn1cnc2cc(Cl)ccc21. The van der Waals surface area contributed by atoms with E-state index in [9.17, 15) is 0 Å². The summed E-state index contributed by atoms with van der Waals surface area (Å²) in [6.07, 6.45) is 2.83. The topological polar surface area (TPSA) is 27.1 Å². The largest absolute Gasteiger partial charge is 0.385 e. The van der Waals surface area contributed by atoms with Crippen LogP contribution in [-0.2, 0) is 11.3 Å². The molecule has 3 nitrogen and oxygen atoms in total. The van der Waals surface area contributed by atoms with Gasteiger partial charge in [-0.15, -0.1) is 0 Å². The summed E-state index contributed by atoms with van der Waals surface area (Å²) in [4.78, 5) is 4.30. The van der Waals surface area contributed by atoms with E-state index in [1.54, 1.807) is 7.11 Å². The van der Waals surface area contributed by atoms with Gasteiger partial charge in [0.25, 0.3) is 0 Å². The highest BCUT2D eigenvalue weighted by molar-refractivity contribution is 6.31. The minimum Gasteiger partial charge on any atom is -0.385 e. The van der Waals surface area contributed by atoms with Crippen molar-refractivity contribution in [3.05, 3.63) is 29.5 Å². The van der Waals surface area contributed by atoms with Crippen molar-refractivity contribution in [2.45, 2.75) is 13.0 Å². The molecule has 1 aromatic carbocycles. The first kappa shape index (κ1) is 10.5. The van der Waals surface area contributed by atoms with Gasteiger partial charge in [0, 0.05) is 25.3 Å². The van der Waals surface area contributed by atoms with Crippen LogP contribution in [0.15, 0.2) is 24.5 Å². The van der Waals surface area contributed by atoms with Crippen molar-refractivity contribution in [2.75, 3.05) is 13.7 Å². The zero-order chi connectivity index (χ0) is 10.7. The standard InChI is InChI=1S/C11H13ClN2O/c1-15-6-2-5-14-8-13-10-7-9(12)3-4-11(10)14/h3-4,7-8H,2,5-6H2,1H3. The lowest BCUT2D eigenvalue weighted by Gasteiger charge is -2.03. The lowest BCUT2D eigenvalue weighted by molar-refractivity contribution is 0.190. The molecule has 0 aliphatic carbocycles. The molecule has 0 unspecified atom stereocenters. The van der Waals surface area contributed by atoms with E-state index < -0.39 is 0 Å². The van der Waals surface area contributed by atoms with Gasteiger partial charge < -0.3 is 9.30 Å². The highest BCUT2D eigenvalue weighted by atomic mass is 35.5. The third-order valence-corrected chi connectivity index (χ3v) is 2.57. The van der Waals surface area contributed by atoms with Crippen molar-refractivity contribution in [3.8, 4) is 0 Å². The third kappa shape index (κ3) is 2.30. The molecule has 0 fully saturated rings. The number of rotatable bonds is 4. The molecule has 0 aliphatic heterocycles. The first-order chi connectivity index (χ1) is 7.31. The smallest absolute Gasteiger partial charge is 0.0958 e. The maximum absolute atomic E-state index is 5.89. The number of imidazole rings is 1. The first-order valence-electron chi connectivity index (χ1n) is 4.90. The van der Waals surface area contributed by atoms with E-state index in [1.807, 2.05) is 24.5 Å². The van der Waals surface area contributed by atoms with Gasteiger partial charge >= 0.3 is 0 Å². The maximum Gasteiger partial charge on any atom is 0.0958 e. The summed E-state index contributed by atoms with van der Waals surface area (Å²) in [7, 11) is 1.71. The quantitative estimate of drug-likeness (QED) is 0.747. The molecule has 1 aromatic heterocycles. The van der Waals surface area contributed by atoms with Crippen molar-refractivity contribution < 1.29 is 4.74 Å². The van der Waals surface area contributed by atoms with Crippen molar-refractivity contribution >= 4 is 22.6 Å². The fourth-order valence-corrected chi connectivity index (χ4v) is 1.76. The zero-order valence-corrected chi connectivity index (χ0v) is 9.37. The van der Waals surface area contributed by atoms with Crippen LogP contribution in [0.25, 0.3) is 11.0 Å². The fraction of sp³-hybridized carbons (Fsp3) is 0.364. The Bertz CT molecular complexity index is 453. The minimum absolute atomic E-state index is 0.727. The fourth-order valence-electron chi connectivity index (χ4n) is 1.59. The number of benzene rings is 1. The Morgan fingerprint density at radius 3 is 3.13 bits per heavy atom. The van der Waals surface area contributed by atoms with Crippen LogP contribution in [0.5, 0.6) is 0 Å². The Morgan fingerprint density at radius 2 is 2.33 bits per heavy atom. The van der Waals surface area contributed by atoms with E-state index in [0.717, 1.165) is 35.6 Å². The van der Waals surface area contributed by atoms with Crippen LogP contribution in [0.3, 0.4) is 0 Å². The van der Waals surface area contributed by atoms with E-state index in [-0.39, 0.29) is 0 Å². The van der Waals surface area contributed by atoms with Crippen LogP contribution in [-0.4, -0.2) is 23.3 Å². The Labute approximate surface area is 93.6 Å². The van der Waals surface area contributed by atoms with Crippen molar-refractivity contribution in [1.29, 1.82) is 0 Å². The van der Waals surface area contributed by atoms with Crippen LogP contribution in [0.1, 0.15) is 6.42 Å². The number of aryl methyl sites for hydroxylation is 1. The molecule has 0 saturated heterocycles. The number of hydrogen-bond donors (Lipinski definition) is 0. The highest BCUT2D eigenvalue weighted by Gasteiger charge is 2.02. The summed E-state index contributed by atoms with van der Waals surface area (Å²) in [5, 5.41) is 0.727. The van der Waals surface area contributed by atoms with Gasteiger partial charge in [-0.3, -0.25) is 0 Å². The molecule has 0 spiro atoms. The van der Waals surface area contributed by atoms with E-state index in [1.165, 1.54) is 0 Å². The molecule has 2 aromatic rings. The number of methoxy groups -OCH3 is 1. The summed E-state index contributed by atoms with van der Waals surface area (Å²) < 4.78 is 7.13. The first-order valence-corrected chi connectivity index (χ1v) is 5.28. The molecule has 0 saturated carbocycles. The van der Waals surface area contributed by atoms with Gasteiger partial charge in [0.2, 0.25) is 0 Å². The minimum atomic E-state index is 0.727. The Kier molecular flexibility index (Phi) is 3.23. The molecule has 0 bridgehead atoms. The predicted octanol–water partition coefficient (Wildman–Crippen LogP) is 2.73. The summed E-state index contributed by atoms with van der Waals surface area (Å²) in [5.74, 6) is 0. The molecule has 0 amide bonds. The molecular formula is C11H13ClN2O. The van der Waals surface area contributed by atoms with Gasteiger partial charge in [0.05, 0.1) is 17.4 Å². The predicted molar refractivity (Wildman–Crippen MR) is 61.2 cm³/mol. The number of nitrogens with zero attached hydrogens (tertiary/aromatic N) is 2. The van der Waals surface area contributed by atoms with Gasteiger partial charge in [-0.05, 0) is 24.6 Å². The van der Waals surface area contributed by atoms with Gasteiger partial charge in [0.15, 0.2) is 0 Å². The van der Waals surface area contributed by atoms with Crippen LogP contribution in [0.4, 0.5) is 0 Å². The molecule has 80 valence electrons. The molecule has 2 rings (SSSR count). The number of ether oxygens (including phenoxy) is 1. The third-order valence-electron chi connectivity index (χ3n) is 2.33. The van der Waals surface area contributed by atoms with Gasteiger partial charge in [-0.25, -0.2) is 4.98 Å². The second kappa shape index (κ2) is 4.64. The monoisotopic (exact) mass is 224 g/mol. The van der Waals surface area contributed by atoms with Crippen LogP contribution < -0.4 is 0 Å². The van der Waals surface area contributed by atoms with E-state index in [4.69, 9.17) is 16.3 Å². The number of fused-ring (bicyclic) bond motifs is 1. The van der Waals surface area contributed by atoms with Gasteiger partial charge in [-0.1, -0.05) is 11.6 Å². The lowest BCUT2D eigenvalue weighted by atomic mass is 10.3.